The van der Waals surface area contributed by atoms with E-state index < -0.39 is 17.4 Å². The predicted octanol–water partition coefficient (Wildman–Crippen LogP) is 2.28. The second-order valence-electron chi connectivity index (χ2n) is 5.35. The highest BCUT2D eigenvalue weighted by Gasteiger charge is 2.35. The molecule has 0 saturated carbocycles. The molecule has 2 aromatic rings. The molecule has 0 aliphatic carbocycles. The lowest BCUT2D eigenvalue weighted by Gasteiger charge is -2.25. The van der Waals surface area contributed by atoms with Crippen molar-refractivity contribution < 1.29 is 14.7 Å². The van der Waals surface area contributed by atoms with Crippen LogP contribution in [0.3, 0.4) is 0 Å². The zero-order valence-corrected chi connectivity index (χ0v) is 14.0. The number of rotatable bonds is 6. The molecule has 0 aliphatic heterocycles. The summed E-state index contributed by atoms with van der Waals surface area (Å²) in [5.41, 5.74) is -0.773. The molecule has 0 saturated heterocycles. The summed E-state index contributed by atoms with van der Waals surface area (Å²) in [5.74, 6) is -1.06. The smallest absolute Gasteiger partial charge is 0.329 e. The molecule has 7 nitrogen and oxygen atoms in total. The van der Waals surface area contributed by atoms with Crippen molar-refractivity contribution in [1.29, 1.82) is 0 Å². The van der Waals surface area contributed by atoms with Crippen molar-refractivity contribution >= 4 is 23.2 Å². The van der Waals surface area contributed by atoms with E-state index in [4.69, 9.17) is 0 Å². The van der Waals surface area contributed by atoms with Crippen molar-refractivity contribution in [3.8, 4) is 10.8 Å². The molecule has 1 unspecified atom stereocenters. The lowest BCUT2D eigenvalue weighted by atomic mass is 9.96. The standard InChI is InChI=1S/C15H18N4O3S/c1-4-6-15(3,14(21)22)19-12(20)10-9(2)18-13(23-10)11-16-7-5-8-17-11/h5,7-8H,4,6H2,1-3H3,(H,19,20)(H,21,22). The van der Waals surface area contributed by atoms with Gasteiger partial charge in [-0.3, -0.25) is 4.79 Å². The fourth-order valence-electron chi connectivity index (χ4n) is 2.14. The molecule has 0 fully saturated rings. The fraction of sp³-hybridized carbons (Fsp3) is 0.400. The topological polar surface area (TPSA) is 105 Å². The van der Waals surface area contributed by atoms with Gasteiger partial charge in [0.1, 0.15) is 10.4 Å². The van der Waals surface area contributed by atoms with Crippen molar-refractivity contribution in [3.63, 3.8) is 0 Å². The van der Waals surface area contributed by atoms with E-state index in [-0.39, 0.29) is 0 Å². The third-order valence-electron chi connectivity index (χ3n) is 3.37. The van der Waals surface area contributed by atoms with Crippen LogP contribution in [-0.2, 0) is 4.79 Å². The largest absolute Gasteiger partial charge is 0.480 e. The molecular weight excluding hydrogens is 316 g/mol. The molecule has 8 heteroatoms. The number of aliphatic carboxylic acids is 1. The number of nitrogens with one attached hydrogen (secondary N) is 1. The van der Waals surface area contributed by atoms with Crippen molar-refractivity contribution in [2.45, 2.75) is 39.2 Å². The zero-order valence-electron chi connectivity index (χ0n) is 13.2. The van der Waals surface area contributed by atoms with Crippen LogP contribution in [0.2, 0.25) is 0 Å². The summed E-state index contributed by atoms with van der Waals surface area (Å²) < 4.78 is 0. The first-order valence-corrected chi connectivity index (χ1v) is 7.99. The van der Waals surface area contributed by atoms with Gasteiger partial charge >= 0.3 is 5.97 Å². The molecule has 0 radical (unpaired) electrons. The molecule has 2 N–H and O–H groups in total. The van der Waals surface area contributed by atoms with Crippen LogP contribution < -0.4 is 5.32 Å². The second kappa shape index (κ2) is 6.82. The van der Waals surface area contributed by atoms with Crippen LogP contribution >= 0.6 is 11.3 Å². The first kappa shape index (κ1) is 17.0. The monoisotopic (exact) mass is 334 g/mol. The zero-order chi connectivity index (χ0) is 17.0. The number of carboxylic acids is 1. The number of hydrogen-bond acceptors (Lipinski definition) is 6. The van der Waals surface area contributed by atoms with Gasteiger partial charge in [-0.1, -0.05) is 13.3 Å². The normalized spacial score (nSPS) is 13.3. The highest BCUT2D eigenvalue weighted by Crippen LogP contribution is 2.26. The molecule has 2 aromatic heterocycles. The fourth-order valence-corrected chi connectivity index (χ4v) is 3.05. The van der Waals surface area contributed by atoms with Crippen LogP contribution in [0.5, 0.6) is 0 Å². The number of nitrogens with zero attached hydrogens (tertiary/aromatic N) is 3. The lowest BCUT2D eigenvalue weighted by Crippen LogP contribution is -2.52. The Labute approximate surface area is 137 Å². The predicted molar refractivity (Wildman–Crippen MR) is 86.3 cm³/mol. The van der Waals surface area contributed by atoms with Gasteiger partial charge in [-0.15, -0.1) is 11.3 Å². The molecule has 2 heterocycles. The van der Waals surface area contributed by atoms with Crippen LogP contribution in [-0.4, -0.2) is 37.5 Å². The number of thiazole rings is 1. The van der Waals surface area contributed by atoms with Gasteiger partial charge in [-0.25, -0.2) is 19.7 Å². The van der Waals surface area contributed by atoms with E-state index in [1.807, 2.05) is 6.92 Å². The van der Waals surface area contributed by atoms with Gasteiger partial charge in [-0.05, 0) is 26.3 Å². The summed E-state index contributed by atoms with van der Waals surface area (Å²) in [5, 5.41) is 12.5. The Morgan fingerprint density at radius 3 is 2.57 bits per heavy atom. The van der Waals surface area contributed by atoms with Gasteiger partial charge in [-0.2, -0.15) is 0 Å². The molecule has 23 heavy (non-hydrogen) atoms. The van der Waals surface area contributed by atoms with Crippen molar-refractivity contribution in [3.05, 3.63) is 29.0 Å². The molecule has 0 aromatic carbocycles. The maximum atomic E-state index is 12.5. The summed E-state index contributed by atoms with van der Waals surface area (Å²) in [4.78, 5) is 36.8. The average Bonchev–Trinajstić information content (AvgIpc) is 2.90. The van der Waals surface area contributed by atoms with Gasteiger partial charge in [0, 0.05) is 12.4 Å². The van der Waals surface area contributed by atoms with Crippen LogP contribution in [0, 0.1) is 6.92 Å². The number of carbonyl (C=O) groups is 2. The van der Waals surface area contributed by atoms with E-state index in [1.165, 1.54) is 6.92 Å². The van der Waals surface area contributed by atoms with Gasteiger partial charge in [0.05, 0.1) is 5.69 Å². The van der Waals surface area contributed by atoms with Crippen molar-refractivity contribution in [2.24, 2.45) is 0 Å². The van der Waals surface area contributed by atoms with Crippen molar-refractivity contribution in [1.82, 2.24) is 20.3 Å². The maximum Gasteiger partial charge on any atom is 0.329 e. The van der Waals surface area contributed by atoms with Crippen LogP contribution in [0.25, 0.3) is 10.8 Å². The Hall–Kier alpha value is -2.35. The molecular formula is C15H18N4O3S. The molecule has 0 spiro atoms. The van der Waals surface area contributed by atoms with Gasteiger partial charge < -0.3 is 10.4 Å². The van der Waals surface area contributed by atoms with E-state index in [2.05, 4.69) is 20.3 Å². The number of amides is 1. The molecule has 1 amide bonds. The third-order valence-corrected chi connectivity index (χ3v) is 4.52. The number of aromatic nitrogens is 3. The van der Waals surface area contributed by atoms with E-state index in [9.17, 15) is 14.7 Å². The van der Waals surface area contributed by atoms with E-state index in [0.717, 1.165) is 11.3 Å². The summed E-state index contributed by atoms with van der Waals surface area (Å²) in [6.07, 6.45) is 4.19. The molecule has 0 aliphatic rings. The van der Waals surface area contributed by atoms with Crippen LogP contribution in [0.15, 0.2) is 18.5 Å². The third kappa shape index (κ3) is 3.70. The molecule has 0 bridgehead atoms. The van der Waals surface area contributed by atoms with Crippen LogP contribution in [0.1, 0.15) is 42.1 Å². The summed E-state index contributed by atoms with van der Waals surface area (Å²) in [7, 11) is 0. The summed E-state index contributed by atoms with van der Waals surface area (Å²) in [6.45, 7) is 5.08. The van der Waals surface area contributed by atoms with Gasteiger partial charge in [0.15, 0.2) is 10.8 Å². The number of hydrogen-bond donors (Lipinski definition) is 2. The Balaban J connectivity index is 2.27. The molecule has 2 rings (SSSR count). The minimum Gasteiger partial charge on any atom is -0.480 e. The Kier molecular flexibility index (Phi) is 5.05. The first-order chi connectivity index (χ1) is 10.9. The highest BCUT2D eigenvalue weighted by atomic mass is 32.1. The number of aryl methyl sites for hydroxylation is 1. The second-order valence-corrected chi connectivity index (χ2v) is 6.35. The lowest BCUT2D eigenvalue weighted by molar-refractivity contribution is -0.144. The number of carboxylic acid groups (broad SMARTS) is 1. The average molecular weight is 334 g/mol. The summed E-state index contributed by atoms with van der Waals surface area (Å²) >= 11 is 1.15. The highest BCUT2D eigenvalue weighted by molar-refractivity contribution is 7.17. The Morgan fingerprint density at radius 1 is 1.35 bits per heavy atom. The first-order valence-electron chi connectivity index (χ1n) is 7.18. The van der Waals surface area contributed by atoms with Crippen LogP contribution in [0.4, 0.5) is 0 Å². The van der Waals surface area contributed by atoms with Gasteiger partial charge in [0.2, 0.25) is 0 Å². The molecule has 1 atom stereocenters. The maximum absolute atomic E-state index is 12.5. The van der Waals surface area contributed by atoms with E-state index in [0.29, 0.717) is 34.2 Å². The van der Waals surface area contributed by atoms with Gasteiger partial charge in [0.25, 0.3) is 5.91 Å². The summed E-state index contributed by atoms with van der Waals surface area (Å²) in [6, 6.07) is 1.70. The Bertz CT molecular complexity index is 717. The minimum atomic E-state index is -1.30. The number of carbonyl (C=O) groups excluding carboxylic acids is 1. The Morgan fingerprint density at radius 2 is 2.00 bits per heavy atom. The quantitative estimate of drug-likeness (QED) is 0.839. The van der Waals surface area contributed by atoms with E-state index >= 15 is 0 Å². The molecule has 122 valence electrons. The minimum absolute atomic E-state index is 0.348. The van der Waals surface area contributed by atoms with Crippen molar-refractivity contribution in [2.75, 3.05) is 0 Å². The van der Waals surface area contributed by atoms with E-state index in [1.54, 1.807) is 25.4 Å². The SMILES string of the molecule is CCCC(C)(NC(=O)c1sc(-c2ncccn2)nc1C)C(=O)O.